The first kappa shape index (κ1) is 14.7. The Kier molecular flexibility index (Phi) is 4.49. The van der Waals surface area contributed by atoms with Crippen LogP contribution in [0.2, 0.25) is 0 Å². The summed E-state index contributed by atoms with van der Waals surface area (Å²) in [7, 11) is 0. The average Bonchev–Trinajstić information content (AvgIpc) is 2.93. The molecule has 0 aliphatic heterocycles. The fourth-order valence-electron chi connectivity index (χ4n) is 2.54. The predicted molar refractivity (Wildman–Crippen MR) is 91.2 cm³/mol. The number of rotatable bonds is 5. The minimum absolute atomic E-state index is 0.0586. The number of fused-ring (bicyclic) bond motifs is 1. The molecular weight excluding hydrogens is 292 g/mol. The second-order valence-corrected chi connectivity index (χ2v) is 6.34. The van der Waals surface area contributed by atoms with Gasteiger partial charge in [-0.1, -0.05) is 42.5 Å². The molecule has 0 bridgehead atoms. The van der Waals surface area contributed by atoms with Crippen LogP contribution in [0.3, 0.4) is 0 Å². The largest absolute Gasteiger partial charge is 0.355 e. The SMILES string of the molecule is Cc1nc(CCNC(=O)Cc2cccc3ccccc23)cs1. The van der Waals surface area contributed by atoms with Crippen molar-refractivity contribution in [3.63, 3.8) is 0 Å². The van der Waals surface area contributed by atoms with Gasteiger partial charge in [-0.15, -0.1) is 11.3 Å². The summed E-state index contributed by atoms with van der Waals surface area (Å²) in [5.41, 5.74) is 2.12. The number of carbonyl (C=O) groups is 1. The molecule has 22 heavy (non-hydrogen) atoms. The monoisotopic (exact) mass is 310 g/mol. The van der Waals surface area contributed by atoms with E-state index in [1.165, 1.54) is 5.39 Å². The van der Waals surface area contributed by atoms with Crippen molar-refractivity contribution >= 4 is 28.0 Å². The molecule has 3 rings (SSSR count). The number of carbonyl (C=O) groups excluding carboxylic acids is 1. The van der Waals surface area contributed by atoms with Crippen LogP contribution >= 0.6 is 11.3 Å². The van der Waals surface area contributed by atoms with Crippen LogP contribution in [0.5, 0.6) is 0 Å². The zero-order valence-corrected chi connectivity index (χ0v) is 13.3. The van der Waals surface area contributed by atoms with Gasteiger partial charge in [-0.3, -0.25) is 4.79 Å². The molecular formula is C18H18N2OS. The first-order valence-electron chi connectivity index (χ1n) is 7.37. The van der Waals surface area contributed by atoms with Crippen LogP contribution in [0.25, 0.3) is 10.8 Å². The van der Waals surface area contributed by atoms with E-state index < -0.39 is 0 Å². The molecule has 1 N–H and O–H groups in total. The standard InChI is InChI=1S/C18H18N2OS/c1-13-20-16(12-22-13)9-10-19-18(21)11-15-7-4-6-14-5-2-3-8-17(14)15/h2-8,12H,9-11H2,1H3,(H,19,21). The van der Waals surface area contributed by atoms with Crippen molar-refractivity contribution in [1.29, 1.82) is 0 Å². The Labute approximate surface area is 134 Å². The highest BCUT2D eigenvalue weighted by molar-refractivity contribution is 7.09. The van der Waals surface area contributed by atoms with Crippen LogP contribution in [-0.4, -0.2) is 17.4 Å². The number of benzene rings is 2. The third-order valence-electron chi connectivity index (χ3n) is 3.60. The fourth-order valence-corrected chi connectivity index (χ4v) is 3.18. The summed E-state index contributed by atoms with van der Waals surface area (Å²) in [5.74, 6) is 0.0586. The molecule has 3 nitrogen and oxygen atoms in total. The van der Waals surface area contributed by atoms with E-state index in [9.17, 15) is 4.79 Å². The van der Waals surface area contributed by atoms with Crippen LogP contribution in [-0.2, 0) is 17.6 Å². The lowest BCUT2D eigenvalue weighted by molar-refractivity contribution is -0.120. The van der Waals surface area contributed by atoms with Gasteiger partial charge in [0.25, 0.3) is 0 Å². The topological polar surface area (TPSA) is 42.0 Å². The average molecular weight is 310 g/mol. The lowest BCUT2D eigenvalue weighted by atomic mass is 10.0. The van der Waals surface area contributed by atoms with Gasteiger partial charge in [0, 0.05) is 18.3 Å². The number of aromatic nitrogens is 1. The molecule has 2 aromatic carbocycles. The van der Waals surface area contributed by atoms with Crippen LogP contribution < -0.4 is 5.32 Å². The molecule has 1 heterocycles. The third kappa shape index (κ3) is 3.52. The van der Waals surface area contributed by atoms with Crippen LogP contribution in [0.1, 0.15) is 16.3 Å². The van der Waals surface area contributed by atoms with Gasteiger partial charge in [0.2, 0.25) is 5.91 Å². The van der Waals surface area contributed by atoms with Gasteiger partial charge in [0.15, 0.2) is 0 Å². The zero-order valence-electron chi connectivity index (χ0n) is 12.5. The molecule has 0 unspecified atom stereocenters. The summed E-state index contributed by atoms with van der Waals surface area (Å²) in [5, 5.41) is 8.41. The second-order valence-electron chi connectivity index (χ2n) is 5.27. The summed E-state index contributed by atoms with van der Waals surface area (Å²) in [6.45, 7) is 2.63. The Balaban J connectivity index is 1.59. The number of aryl methyl sites for hydroxylation is 1. The molecule has 0 aliphatic carbocycles. The van der Waals surface area contributed by atoms with Crippen molar-refractivity contribution in [2.45, 2.75) is 19.8 Å². The minimum Gasteiger partial charge on any atom is -0.355 e. The highest BCUT2D eigenvalue weighted by Gasteiger charge is 2.07. The molecule has 1 amide bonds. The Morgan fingerprint density at radius 3 is 2.82 bits per heavy atom. The number of hydrogen-bond donors (Lipinski definition) is 1. The lowest BCUT2D eigenvalue weighted by Crippen LogP contribution is -2.27. The molecule has 0 atom stereocenters. The summed E-state index contributed by atoms with van der Waals surface area (Å²) in [6, 6.07) is 14.3. The molecule has 0 saturated heterocycles. The lowest BCUT2D eigenvalue weighted by Gasteiger charge is -2.07. The summed E-state index contributed by atoms with van der Waals surface area (Å²) < 4.78 is 0. The van der Waals surface area contributed by atoms with Crippen molar-refractivity contribution in [1.82, 2.24) is 10.3 Å². The van der Waals surface area contributed by atoms with Crippen molar-refractivity contribution in [3.05, 3.63) is 64.1 Å². The van der Waals surface area contributed by atoms with E-state index in [4.69, 9.17) is 0 Å². The molecule has 0 radical (unpaired) electrons. The minimum atomic E-state index is 0.0586. The number of hydrogen-bond acceptors (Lipinski definition) is 3. The van der Waals surface area contributed by atoms with Gasteiger partial charge in [0.1, 0.15) is 0 Å². The molecule has 0 aliphatic rings. The maximum absolute atomic E-state index is 12.1. The van der Waals surface area contributed by atoms with Gasteiger partial charge >= 0.3 is 0 Å². The highest BCUT2D eigenvalue weighted by Crippen LogP contribution is 2.18. The summed E-state index contributed by atoms with van der Waals surface area (Å²) >= 11 is 1.64. The van der Waals surface area contributed by atoms with E-state index in [-0.39, 0.29) is 5.91 Å². The highest BCUT2D eigenvalue weighted by atomic mass is 32.1. The van der Waals surface area contributed by atoms with Crippen molar-refractivity contribution in [3.8, 4) is 0 Å². The Morgan fingerprint density at radius 2 is 2.00 bits per heavy atom. The van der Waals surface area contributed by atoms with Crippen molar-refractivity contribution in [2.24, 2.45) is 0 Å². The van der Waals surface area contributed by atoms with E-state index >= 15 is 0 Å². The summed E-state index contributed by atoms with van der Waals surface area (Å²) in [6.07, 6.45) is 1.20. The molecule has 1 aromatic heterocycles. The van der Waals surface area contributed by atoms with E-state index in [0.29, 0.717) is 13.0 Å². The molecule has 4 heteroatoms. The molecule has 112 valence electrons. The van der Waals surface area contributed by atoms with Crippen LogP contribution in [0, 0.1) is 6.92 Å². The normalized spacial score (nSPS) is 10.8. The number of nitrogens with one attached hydrogen (secondary N) is 1. The summed E-state index contributed by atoms with van der Waals surface area (Å²) in [4.78, 5) is 16.5. The van der Waals surface area contributed by atoms with Gasteiger partial charge < -0.3 is 5.32 Å². The first-order chi connectivity index (χ1) is 10.7. The Hall–Kier alpha value is -2.20. The smallest absolute Gasteiger partial charge is 0.224 e. The second kappa shape index (κ2) is 6.71. The number of thiazole rings is 1. The maximum atomic E-state index is 12.1. The molecule has 0 saturated carbocycles. The van der Waals surface area contributed by atoms with E-state index in [1.54, 1.807) is 11.3 Å². The Morgan fingerprint density at radius 1 is 1.18 bits per heavy atom. The molecule has 0 fully saturated rings. The predicted octanol–water partition coefficient (Wildman–Crippen LogP) is 3.51. The molecule has 3 aromatic rings. The van der Waals surface area contributed by atoms with Crippen LogP contribution in [0.15, 0.2) is 47.8 Å². The quantitative estimate of drug-likeness (QED) is 0.783. The Bertz CT molecular complexity index is 789. The van der Waals surface area contributed by atoms with E-state index in [2.05, 4.69) is 28.5 Å². The van der Waals surface area contributed by atoms with Crippen molar-refractivity contribution in [2.75, 3.05) is 6.54 Å². The van der Waals surface area contributed by atoms with Gasteiger partial charge in [-0.05, 0) is 23.3 Å². The third-order valence-corrected chi connectivity index (χ3v) is 4.42. The van der Waals surface area contributed by atoms with Gasteiger partial charge in [-0.25, -0.2) is 4.98 Å². The van der Waals surface area contributed by atoms with Crippen molar-refractivity contribution < 1.29 is 4.79 Å². The number of amides is 1. The van der Waals surface area contributed by atoms with E-state index in [0.717, 1.165) is 28.1 Å². The first-order valence-corrected chi connectivity index (χ1v) is 8.25. The number of nitrogens with zero attached hydrogens (tertiary/aromatic N) is 1. The van der Waals surface area contributed by atoms with E-state index in [1.807, 2.05) is 36.6 Å². The van der Waals surface area contributed by atoms with Crippen LogP contribution in [0.4, 0.5) is 0 Å². The maximum Gasteiger partial charge on any atom is 0.224 e. The fraction of sp³-hybridized carbons (Fsp3) is 0.222. The molecule has 0 spiro atoms. The zero-order chi connectivity index (χ0) is 15.4. The van der Waals surface area contributed by atoms with Gasteiger partial charge in [-0.2, -0.15) is 0 Å². The van der Waals surface area contributed by atoms with Gasteiger partial charge in [0.05, 0.1) is 17.1 Å².